The summed E-state index contributed by atoms with van der Waals surface area (Å²) in [5, 5.41) is 3.26. The van der Waals surface area contributed by atoms with Gasteiger partial charge in [-0.2, -0.15) is 0 Å². The molecule has 0 spiro atoms. The lowest BCUT2D eigenvalue weighted by Gasteiger charge is -2.31. The standard InChI is InChI=1S/C19H28ClN3O3S/c1-19(2,3)26-18(25)23-15(16(24)21-10-11-22(4)5)12-27-17(23)13-6-8-14(20)9-7-13/h6-9,15,17H,10-12H2,1-5H3,(H,21,24)/t15-,17-/m0/s1. The predicted molar refractivity (Wildman–Crippen MR) is 110 cm³/mol. The van der Waals surface area contributed by atoms with Crippen LogP contribution in [-0.2, 0) is 9.53 Å². The molecule has 8 heteroatoms. The smallest absolute Gasteiger partial charge is 0.412 e. The van der Waals surface area contributed by atoms with Gasteiger partial charge in [0.2, 0.25) is 5.91 Å². The molecule has 1 aliphatic heterocycles. The van der Waals surface area contributed by atoms with Gasteiger partial charge in [0.1, 0.15) is 17.0 Å². The van der Waals surface area contributed by atoms with Gasteiger partial charge < -0.3 is 15.0 Å². The third-order valence-corrected chi connectivity index (χ3v) is 5.50. The Balaban J connectivity index is 2.21. The normalized spacial score (nSPS) is 20.0. The molecule has 6 nitrogen and oxygen atoms in total. The van der Waals surface area contributed by atoms with Crippen LogP contribution in [0.25, 0.3) is 0 Å². The maximum absolute atomic E-state index is 12.9. The minimum atomic E-state index is -0.638. The summed E-state index contributed by atoms with van der Waals surface area (Å²) in [4.78, 5) is 29.1. The first kappa shape index (κ1) is 21.9. The summed E-state index contributed by atoms with van der Waals surface area (Å²) in [7, 11) is 3.89. The van der Waals surface area contributed by atoms with Gasteiger partial charge >= 0.3 is 6.09 Å². The first-order chi connectivity index (χ1) is 12.6. The Hall–Kier alpha value is -1.44. The van der Waals surface area contributed by atoms with Gasteiger partial charge in [-0.05, 0) is 52.6 Å². The zero-order valence-corrected chi connectivity index (χ0v) is 18.1. The Bertz CT molecular complexity index is 661. The molecule has 1 heterocycles. The molecule has 0 aliphatic carbocycles. The third-order valence-electron chi connectivity index (χ3n) is 3.92. The molecule has 0 saturated carbocycles. The van der Waals surface area contributed by atoms with Crippen LogP contribution in [0, 0.1) is 0 Å². The quantitative estimate of drug-likeness (QED) is 0.801. The number of hydrogen-bond donors (Lipinski definition) is 1. The number of carbonyl (C=O) groups excluding carboxylic acids is 2. The van der Waals surface area contributed by atoms with Crippen molar-refractivity contribution in [3.05, 3.63) is 34.9 Å². The Morgan fingerprint density at radius 3 is 2.48 bits per heavy atom. The van der Waals surface area contributed by atoms with E-state index in [1.165, 1.54) is 0 Å². The highest BCUT2D eigenvalue weighted by Crippen LogP contribution is 2.42. The van der Waals surface area contributed by atoms with Crippen molar-refractivity contribution in [1.29, 1.82) is 0 Å². The first-order valence-corrected chi connectivity index (χ1v) is 10.3. The number of rotatable bonds is 5. The molecule has 0 unspecified atom stereocenters. The average Bonchev–Trinajstić information content (AvgIpc) is 2.98. The van der Waals surface area contributed by atoms with Gasteiger partial charge in [-0.1, -0.05) is 23.7 Å². The maximum atomic E-state index is 12.9. The molecule has 1 fully saturated rings. The number of thioether (sulfide) groups is 1. The zero-order chi connectivity index (χ0) is 20.2. The minimum Gasteiger partial charge on any atom is -0.444 e. The van der Waals surface area contributed by atoms with Crippen LogP contribution in [0.5, 0.6) is 0 Å². The second kappa shape index (κ2) is 9.17. The van der Waals surface area contributed by atoms with E-state index < -0.39 is 17.7 Å². The second-order valence-electron chi connectivity index (χ2n) is 7.73. The van der Waals surface area contributed by atoms with Crippen LogP contribution in [0.3, 0.4) is 0 Å². The number of halogens is 1. The van der Waals surface area contributed by atoms with Crippen molar-refractivity contribution in [3.63, 3.8) is 0 Å². The highest BCUT2D eigenvalue weighted by molar-refractivity contribution is 7.99. The summed E-state index contributed by atoms with van der Waals surface area (Å²) in [5.41, 5.74) is 0.278. The van der Waals surface area contributed by atoms with Crippen LogP contribution >= 0.6 is 23.4 Å². The zero-order valence-electron chi connectivity index (χ0n) is 16.5. The topological polar surface area (TPSA) is 61.9 Å². The van der Waals surface area contributed by atoms with Crippen molar-refractivity contribution in [3.8, 4) is 0 Å². The summed E-state index contributed by atoms with van der Waals surface area (Å²) in [6, 6.07) is 6.75. The molecule has 1 saturated heterocycles. The number of ether oxygens (including phenoxy) is 1. The number of likely N-dealkylation sites (N-methyl/N-ethyl adjacent to an activating group) is 1. The summed E-state index contributed by atoms with van der Waals surface area (Å²) in [5.74, 6) is 0.354. The van der Waals surface area contributed by atoms with Crippen molar-refractivity contribution in [2.75, 3.05) is 32.9 Å². The fourth-order valence-corrected chi connectivity index (χ4v) is 4.20. The van der Waals surface area contributed by atoms with Crippen molar-refractivity contribution in [2.45, 2.75) is 37.8 Å². The van der Waals surface area contributed by atoms with E-state index in [1.54, 1.807) is 28.8 Å². The lowest BCUT2D eigenvalue weighted by Crippen LogP contribution is -2.50. The Labute approximate surface area is 170 Å². The van der Waals surface area contributed by atoms with Crippen LogP contribution in [0.4, 0.5) is 4.79 Å². The molecule has 0 radical (unpaired) electrons. The van der Waals surface area contributed by atoms with E-state index in [9.17, 15) is 9.59 Å². The van der Waals surface area contributed by atoms with Crippen molar-refractivity contribution < 1.29 is 14.3 Å². The largest absolute Gasteiger partial charge is 0.444 e. The lowest BCUT2D eigenvalue weighted by molar-refractivity contribution is -0.125. The molecule has 0 bridgehead atoms. The van der Waals surface area contributed by atoms with Gasteiger partial charge in [0, 0.05) is 23.9 Å². The van der Waals surface area contributed by atoms with Gasteiger partial charge in [-0.15, -0.1) is 11.8 Å². The van der Waals surface area contributed by atoms with Gasteiger partial charge in [-0.25, -0.2) is 4.79 Å². The van der Waals surface area contributed by atoms with E-state index >= 15 is 0 Å². The Morgan fingerprint density at radius 2 is 1.93 bits per heavy atom. The Morgan fingerprint density at radius 1 is 1.30 bits per heavy atom. The molecule has 2 rings (SSSR count). The number of nitrogens with zero attached hydrogens (tertiary/aromatic N) is 2. The van der Waals surface area contributed by atoms with Gasteiger partial charge in [0.25, 0.3) is 0 Å². The number of hydrogen-bond acceptors (Lipinski definition) is 5. The van der Waals surface area contributed by atoms with E-state index in [4.69, 9.17) is 16.3 Å². The van der Waals surface area contributed by atoms with E-state index in [1.807, 2.05) is 51.9 Å². The highest BCUT2D eigenvalue weighted by atomic mass is 35.5. The van der Waals surface area contributed by atoms with E-state index in [0.29, 0.717) is 17.3 Å². The molecule has 2 amide bonds. The Kier molecular flexibility index (Phi) is 7.42. The number of carbonyl (C=O) groups is 2. The van der Waals surface area contributed by atoms with Crippen LogP contribution in [0.15, 0.2) is 24.3 Å². The fourth-order valence-electron chi connectivity index (χ4n) is 2.65. The van der Waals surface area contributed by atoms with Crippen LogP contribution < -0.4 is 5.32 Å². The third kappa shape index (κ3) is 6.30. The molecule has 1 aromatic carbocycles. The van der Waals surface area contributed by atoms with E-state index in [2.05, 4.69) is 5.32 Å². The molecule has 150 valence electrons. The van der Waals surface area contributed by atoms with Crippen LogP contribution in [0.2, 0.25) is 5.02 Å². The fraction of sp³-hybridized carbons (Fsp3) is 0.579. The lowest BCUT2D eigenvalue weighted by atomic mass is 10.1. The summed E-state index contributed by atoms with van der Waals surface area (Å²) < 4.78 is 5.58. The van der Waals surface area contributed by atoms with E-state index in [0.717, 1.165) is 12.1 Å². The van der Waals surface area contributed by atoms with Crippen LogP contribution in [-0.4, -0.2) is 66.4 Å². The first-order valence-electron chi connectivity index (χ1n) is 8.89. The van der Waals surface area contributed by atoms with Crippen molar-refractivity contribution in [1.82, 2.24) is 15.1 Å². The molecular formula is C19H28ClN3O3S. The monoisotopic (exact) mass is 413 g/mol. The summed E-state index contributed by atoms with van der Waals surface area (Å²) in [6.45, 7) is 6.71. The van der Waals surface area contributed by atoms with Crippen molar-refractivity contribution >= 4 is 35.4 Å². The molecule has 27 heavy (non-hydrogen) atoms. The molecule has 2 atom stereocenters. The maximum Gasteiger partial charge on any atom is 0.412 e. The van der Waals surface area contributed by atoms with Gasteiger partial charge in [0.15, 0.2) is 0 Å². The minimum absolute atomic E-state index is 0.160. The molecular weight excluding hydrogens is 386 g/mol. The summed E-state index contributed by atoms with van der Waals surface area (Å²) in [6.07, 6.45) is -0.486. The average molecular weight is 414 g/mol. The SMILES string of the molecule is CN(C)CCNC(=O)[C@@H]1CS[C@@H](c2ccc(Cl)cc2)N1C(=O)OC(C)(C)C. The highest BCUT2D eigenvalue weighted by Gasteiger charge is 2.44. The number of nitrogens with one attached hydrogen (secondary N) is 1. The summed E-state index contributed by atoms with van der Waals surface area (Å²) >= 11 is 7.54. The van der Waals surface area contributed by atoms with Crippen LogP contribution in [0.1, 0.15) is 31.7 Å². The number of amides is 2. The molecule has 1 aliphatic rings. The second-order valence-corrected chi connectivity index (χ2v) is 9.28. The van der Waals surface area contributed by atoms with Gasteiger partial charge in [0.05, 0.1) is 0 Å². The van der Waals surface area contributed by atoms with Gasteiger partial charge in [-0.3, -0.25) is 9.69 Å². The van der Waals surface area contributed by atoms with Crippen molar-refractivity contribution in [2.24, 2.45) is 0 Å². The predicted octanol–water partition coefficient (Wildman–Crippen LogP) is 3.37. The van der Waals surface area contributed by atoms with E-state index in [-0.39, 0.29) is 11.3 Å². The molecule has 0 aromatic heterocycles. The number of benzene rings is 1. The molecule has 1 N–H and O–H groups in total. The molecule has 1 aromatic rings.